The standard InChI is InChI=1S/C20H24N6O3S2/c1-13-15(10-11-31(28,29)24-19(27)21-12-14-8-9-14)18(26(3)23-13)30-20-22-16-6-4-5-7-17(16)25(20)2/h4-7,10-11,14H,8-9,12H2,1-3H3,(H2,21,24,27)/b11-10+. The van der Waals surface area contributed by atoms with Crippen LogP contribution >= 0.6 is 11.8 Å². The average Bonchev–Trinajstić information content (AvgIpc) is 3.44. The predicted molar refractivity (Wildman–Crippen MR) is 120 cm³/mol. The molecule has 0 bridgehead atoms. The largest absolute Gasteiger partial charge is 0.337 e. The van der Waals surface area contributed by atoms with E-state index >= 15 is 0 Å². The highest BCUT2D eigenvalue weighted by Crippen LogP contribution is 2.33. The lowest BCUT2D eigenvalue weighted by molar-refractivity contribution is 0.245. The first kappa shape index (κ1) is 21.4. The van der Waals surface area contributed by atoms with Gasteiger partial charge in [0, 0.05) is 26.2 Å². The Balaban J connectivity index is 1.54. The van der Waals surface area contributed by atoms with Crippen LogP contribution in [0.1, 0.15) is 24.1 Å². The van der Waals surface area contributed by atoms with E-state index in [1.165, 1.54) is 17.8 Å². The normalized spacial score (nSPS) is 14.4. The zero-order valence-electron chi connectivity index (χ0n) is 17.5. The number of para-hydroxylation sites is 2. The monoisotopic (exact) mass is 460 g/mol. The van der Waals surface area contributed by atoms with Crippen molar-refractivity contribution < 1.29 is 13.2 Å². The van der Waals surface area contributed by atoms with E-state index in [0.717, 1.165) is 39.5 Å². The van der Waals surface area contributed by atoms with Gasteiger partial charge in [0.25, 0.3) is 10.0 Å². The van der Waals surface area contributed by atoms with Gasteiger partial charge in [-0.3, -0.25) is 4.68 Å². The molecule has 3 aromatic rings. The number of hydrogen-bond acceptors (Lipinski definition) is 6. The molecule has 2 heterocycles. The van der Waals surface area contributed by atoms with E-state index < -0.39 is 16.1 Å². The quantitative estimate of drug-likeness (QED) is 0.561. The lowest BCUT2D eigenvalue weighted by Crippen LogP contribution is -2.39. The lowest BCUT2D eigenvalue weighted by atomic mass is 10.3. The molecule has 2 N–H and O–H groups in total. The van der Waals surface area contributed by atoms with Gasteiger partial charge in [-0.05, 0) is 55.7 Å². The molecule has 2 amide bonds. The van der Waals surface area contributed by atoms with E-state index in [1.54, 1.807) is 18.7 Å². The fraction of sp³-hybridized carbons (Fsp3) is 0.350. The Bertz CT molecular complexity index is 1270. The van der Waals surface area contributed by atoms with E-state index in [2.05, 4.69) is 15.4 Å². The van der Waals surface area contributed by atoms with Gasteiger partial charge in [0.2, 0.25) is 0 Å². The number of imidazole rings is 1. The maximum atomic E-state index is 12.3. The molecule has 2 aromatic heterocycles. The van der Waals surface area contributed by atoms with E-state index in [1.807, 2.05) is 40.6 Å². The molecule has 1 saturated carbocycles. The molecule has 0 unspecified atom stereocenters. The molecule has 0 aliphatic heterocycles. The summed E-state index contributed by atoms with van der Waals surface area (Å²) in [7, 11) is -0.207. The number of rotatable bonds is 7. The number of nitrogens with zero attached hydrogens (tertiary/aromatic N) is 4. The molecule has 0 spiro atoms. The Morgan fingerprint density at radius 2 is 2.03 bits per heavy atom. The lowest BCUT2D eigenvalue weighted by Gasteiger charge is -2.06. The van der Waals surface area contributed by atoms with Crippen molar-refractivity contribution in [2.45, 2.75) is 29.9 Å². The predicted octanol–water partition coefficient (Wildman–Crippen LogP) is 2.78. The number of hydrogen-bond donors (Lipinski definition) is 2. The molecule has 31 heavy (non-hydrogen) atoms. The average molecular weight is 461 g/mol. The van der Waals surface area contributed by atoms with Gasteiger partial charge in [-0.1, -0.05) is 12.1 Å². The summed E-state index contributed by atoms with van der Waals surface area (Å²) in [5.41, 5.74) is 3.22. The van der Waals surface area contributed by atoms with Gasteiger partial charge >= 0.3 is 6.03 Å². The molecule has 1 aliphatic carbocycles. The van der Waals surface area contributed by atoms with Crippen molar-refractivity contribution in [1.29, 1.82) is 0 Å². The molecule has 1 fully saturated rings. The highest BCUT2D eigenvalue weighted by atomic mass is 32.2. The first-order valence-electron chi connectivity index (χ1n) is 9.85. The maximum absolute atomic E-state index is 12.3. The summed E-state index contributed by atoms with van der Waals surface area (Å²) in [5, 5.41) is 9.51. The highest BCUT2D eigenvalue weighted by molar-refractivity contribution is 7.99. The minimum absolute atomic E-state index is 0.462. The summed E-state index contributed by atoms with van der Waals surface area (Å²) >= 11 is 1.40. The number of carbonyl (C=O) groups excluding carboxylic acids is 1. The van der Waals surface area contributed by atoms with Crippen molar-refractivity contribution in [1.82, 2.24) is 29.4 Å². The molecule has 1 aliphatic rings. The van der Waals surface area contributed by atoms with E-state index in [0.29, 0.717) is 23.7 Å². The van der Waals surface area contributed by atoms with E-state index in [-0.39, 0.29) is 0 Å². The summed E-state index contributed by atoms with van der Waals surface area (Å²) in [6.45, 7) is 2.30. The van der Waals surface area contributed by atoms with Gasteiger partial charge in [0.1, 0.15) is 5.03 Å². The van der Waals surface area contributed by atoms with Crippen LogP contribution < -0.4 is 10.0 Å². The topological polar surface area (TPSA) is 111 Å². The van der Waals surface area contributed by atoms with Crippen LogP contribution in [0.25, 0.3) is 17.1 Å². The number of nitrogens with one attached hydrogen (secondary N) is 2. The van der Waals surface area contributed by atoms with Crippen molar-refractivity contribution >= 4 is 44.9 Å². The Hall–Kier alpha value is -2.79. The SMILES string of the molecule is Cc1nn(C)c(Sc2nc3ccccc3n2C)c1/C=C/S(=O)(=O)NC(=O)NCC1CC1. The smallest absolute Gasteiger partial charge is 0.328 e. The van der Waals surface area contributed by atoms with Crippen molar-refractivity contribution in [3.63, 3.8) is 0 Å². The number of carbonyl (C=O) groups is 1. The molecule has 1 aromatic carbocycles. The van der Waals surface area contributed by atoms with Crippen LogP contribution in [0.3, 0.4) is 0 Å². The first-order chi connectivity index (χ1) is 14.7. The molecule has 164 valence electrons. The molecule has 4 rings (SSSR count). The van der Waals surface area contributed by atoms with Crippen LogP contribution in [0, 0.1) is 12.8 Å². The molecular weight excluding hydrogens is 436 g/mol. The van der Waals surface area contributed by atoms with E-state index in [4.69, 9.17) is 0 Å². The zero-order valence-corrected chi connectivity index (χ0v) is 19.1. The molecule has 0 atom stereocenters. The number of urea groups is 1. The number of fused-ring (bicyclic) bond motifs is 1. The third-order valence-electron chi connectivity index (χ3n) is 5.05. The Labute approximate surface area is 185 Å². The van der Waals surface area contributed by atoms with Crippen LogP contribution in [0.15, 0.2) is 39.9 Å². The number of aryl methyl sites for hydroxylation is 3. The minimum Gasteiger partial charge on any atom is -0.337 e. The van der Waals surface area contributed by atoms with Crippen molar-refractivity contribution in [3.05, 3.63) is 40.9 Å². The number of amides is 2. The van der Waals surface area contributed by atoms with Crippen molar-refractivity contribution in [2.75, 3.05) is 6.54 Å². The van der Waals surface area contributed by atoms with Crippen LogP contribution in [0.5, 0.6) is 0 Å². The third-order valence-corrected chi connectivity index (χ3v) is 7.23. The summed E-state index contributed by atoms with van der Waals surface area (Å²) in [6.07, 6.45) is 3.60. The van der Waals surface area contributed by atoms with Crippen molar-refractivity contribution in [3.8, 4) is 0 Å². The van der Waals surface area contributed by atoms with Gasteiger partial charge in [-0.15, -0.1) is 0 Å². The maximum Gasteiger partial charge on any atom is 0.328 e. The fourth-order valence-corrected chi connectivity index (χ4v) is 4.95. The van der Waals surface area contributed by atoms with Gasteiger partial charge in [0.05, 0.1) is 22.1 Å². The molecule has 0 saturated heterocycles. The molecule has 0 radical (unpaired) electrons. The second kappa shape index (κ2) is 8.39. The fourth-order valence-electron chi connectivity index (χ4n) is 3.18. The third kappa shape index (κ3) is 4.93. The molecular formula is C20H24N6O3S2. The Kier molecular flexibility index (Phi) is 5.80. The van der Waals surface area contributed by atoms with E-state index in [9.17, 15) is 13.2 Å². The zero-order chi connectivity index (χ0) is 22.2. The summed E-state index contributed by atoms with van der Waals surface area (Å²) < 4.78 is 30.3. The van der Waals surface area contributed by atoms with Gasteiger partial charge < -0.3 is 9.88 Å². The Morgan fingerprint density at radius 1 is 1.29 bits per heavy atom. The molecule has 9 nitrogen and oxygen atoms in total. The van der Waals surface area contributed by atoms with Crippen LogP contribution in [0.2, 0.25) is 0 Å². The summed E-state index contributed by atoms with van der Waals surface area (Å²) in [5.74, 6) is 0.462. The van der Waals surface area contributed by atoms with Gasteiger partial charge in [0.15, 0.2) is 5.16 Å². The number of aromatic nitrogens is 4. The van der Waals surface area contributed by atoms with Crippen LogP contribution in [-0.2, 0) is 24.1 Å². The number of sulfonamides is 1. The first-order valence-corrected chi connectivity index (χ1v) is 12.2. The van der Waals surface area contributed by atoms with Gasteiger partial charge in [-0.25, -0.2) is 22.9 Å². The second-order valence-electron chi connectivity index (χ2n) is 7.58. The highest BCUT2D eigenvalue weighted by Gasteiger charge is 2.22. The molecule has 11 heteroatoms. The van der Waals surface area contributed by atoms with Crippen LogP contribution in [-0.4, -0.2) is 40.3 Å². The number of benzene rings is 1. The Morgan fingerprint density at radius 3 is 2.74 bits per heavy atom. The second-order valence-corrected chi connectivity index (χ2v) is 10.1. The minimum atomic E-state index is -3.94. The summed E-state index contributed by atoms with van der Waals surface area (Å²) in [4.78, 5) is 16.5. The van der Waals surface area contributed by atoms with Crippen LogP contribution in [0.4, 0.5) is 4.79 Å². The summed E-state index contributed by atoms with van der Waals surface area (Å²) in [6, 6.07) is 7.12. The van der Waals surface area contributed by atoms with Gasteiger partial charge in [-0.2, -0.15) is 5.10 Å². The van der Waals surface area contributed by atoms with Crippen molar-refractivity contribution in [2.24, 2.45) is 20.0 Å².